The largest absolute Gasteiger partial charge is 0.354 e. The summed E-state index contributed by atoms with van der Waals surface area (Å²) in [5.74, 6) is 1.80. The number of urea groups is 1. The summed E-state index contributed by atoms with van der Waals surface area (Å²) in [5, 5.41) is 3.01. The van der Waals surface area contributed by atoms with Gasteiger partial charge in [0.1, 0.15) is 11.6 Å². The van der Waals surface area contributed by atoms with Gasteiger partial charge >= 0.3 is 6.03 Å². The van der Waals surface area contributed by atoms with Gasteiger partial charge in [0.2, 0.25) is 0 Å². The number of carbonyl (C=O) groups is 1. The van der Waals surface area contributed by atoms with E-state index in [0.717, 1.165) is 65.7 Å². The zero-order chi connectivity index (χ0) is 19.7. The maximum absolute atomic E-state index is 12.9. The zero-order valence-electron chi connectivity index (χ0n) is 16.3. The number of rotatable bonds is 2. The third-order valence-corrected chi connectivity index (χ3v) is 6.05. The minimum Gasteiger partial charge on any atom is -0.354 e. The van der Waals surface area contributed by atoms with Crippen molar-refractivity contribution in [3.05, 3.63) is 45.8 Å². The van der Waals surface area contributed by atoms with Gasteiger partial charge in [-0.2, -0.15) is 0 Å². The van der Waals surface area contributed by atoms with Crippen LogP contribution in [0.5, 0.6) is 0 Å². The highest BCUT2D eigenvalue weighted by Crippen LogP contribution is 2.28. The molecule has 0 unspecified atom stereocenters. The first-order valence-corrected chi connectivity index (χ1v) is 10.4. The van der Waals surface area contributed by atoms with Crippen LogP contribution in [0, 0.1) is 6.92 Å². The van der Waals surface area contributed by atoms with Gasteiger partial charge in [-0.1, -0.05) is 12.1 Å². The molecule has 28 heavy (non-hydrogen) atoms. The molecule has 0 radical (unpaired) electrons. The molecule has 7 nitrogen and oxygen atoms in total. The van der Waals surface area contributed by atoms with E-state index in [0.29, 0.717) is 13.1 Å². The SMILES string of the molecule is Cc1nc2c(c(N3CCN(C)CC3)n1)CN(C(=O)Nc1ccccc1Br)CC2. The first-order chi connectivity index (χ1) is 13.5. The van der Waals surface area contributed by atoms with Crippen LogP contribution in [-0.4, -0.2) is 65.6 Å². The Bertz CT molecular complexity index is 881. The summed E-state index contributed by atoms with van der Waals surface area (Å²) in [7, 11) is 2.14. The van der Waals surface area contributed by atoms with Gasteiger partial charge in [0.15, 0.2) is 0 Å². The molecule has 1 aromatic carbocycles. The molecular formula is C20H25BrN6O. The number of aryl methyl sites for hydroxylation is 1. The average molecular weight is 445 g/mol. The van der Waals surface area contributed by atoms with E-state index in [1.54, 1.807) is 0 Å². The van der Waals surface area contributed by atoms with Crippen LogP contribution >= 0.6 is 15.9 Å². The molecule has 0 bridgehead atoms. The zero-order valence-corrected chi connectivity index (χ0v) is 17.9. The number of fused-ring (bicyclic) bond motifs is 1. The maximum Gasteiger partial charge on any atom is 0.322 e. The number of anilines is 2. The van der Waals surface area contributed by atoms with E-state index in [1.807, 2.05) is 36.1 Å². The van der Waals surface area contributed by atoms with Crippen LogP contribution in [0.3, 0.4) is 0 Å². The van der Waals surface area contributed by atoms with Crippen molar-refractivity contribution >= 4 is 33.5 Å². The monoisotopic (exact) mass is 444 g/mol. The molecule has 1 aromatic heterocycles. The molecule has 1 fully saturated rings. The number of carbonyl (C=O) groups excluding carboxylic acids is 1. The van der Waals surface area contributed by atoms with Crippen LogP contribution < -0.4 is 10.2 Å². The number of nitrogens with zero attached hydrogens (tertiary/aromatic N) is 5. The molecule has 0 atom stereocenters. The highest BCUT2D eigenvalue weighted by Gasteiger charge is 2.28. The molecule has 2 aliphatic heterocycles. The Hall–Kier alpha value is -2.19. The number of benzene rings is 1. The molecule has 0 spiro atoms. The Balaban J connectivity index is 1.55. The lowest BCUT2D eigenvalue weighted by Crippen LogP contribution is -2.46. The number of nitrogens with one attached hydrogen (secondary N) is 1. The predicted octanol–water partition coefficient (Wildman–Crippen LogP) is 2.89. The molecule has 148 valence electrons. The van der Waals surface area contributed by atoms with Crippen molar-refractivity contribution < 1.29 is 4.79 Å². The van der Waals surface area contributed by atoms with E-state index in [4.69, 9.17) is 4.98 Å². The Morgan fingerprint density at radius 2 is 1.86 bits per heavy atom. The van der Waals surface area contributed by atoms with Crippen LogP contribution in [0.4, 0.5) is 16.3 Å². The van der Waals surface area contributed by atoms with E-state index < -0.39 is 0 Å². The number of para-hydroxylation sites is 1. The van der Waals surface area contributed by atoms with Gasteiger partial charge in [0.05, 0.1) is 17.9 Å². The number of halogens is 1. The van der Waals surface area contributed by atoms with Crippen molar-refractivity contribution in [2.24, 2.45) is 0 Å². The minimum atomic E-state index is -0.0950. The molecule has 0 saturated carbocycles. The summed E-state index contributed by atoms with van der Waals surface area (Å²) in [5.41, 5.74) is 2.94. The fraction of sp³-hybridized carbons (Fsp3) is 0.450. The van der Waals surface area contributed by atoms with Crippen molar-refractivity contribution in [1.29, 1.82) is 0 Å². The van der Waals surface area contributed by atoms with E-state index in [9.17, 15) is 4.79 Å². The Kier molecular flexibility index (Phi) is 5.50. The highest BCUT2D eigenvalue weighted by atomic mass is 79.9. The molecule has 2 aromatic rings. The number of piperazine rings is 1. The number of amides is 2. The van der Waals surface area contributed by atoms with E-state index in [-0.39, 0.29) is 6.03 Å². The van der Waals surface area contributed by atoms with Gasteiger partial charge in [-0.15, -0.1) is 0 Å². The van der Waals surface area contributed by atoms with E-state index in [2.05, 4.69) is 43.1 Å². The molecule has 8 heteroatoms. The van der Waals surface area contributed by atoms with Crippen molar-refractivity contribution in [3.8, 4) is 0 Å². The molecule has 2 amide bonds. The number of hydrogen-bond acceptors (Lipinski definition) is 5. The van der Waals surface area contributed by atoms with Gasteiger partial charge in [0.25, 0.3) is 0 Å². The second kappa shape index (κ2) is 8.05. The van der Waals surface area contributed by atoms with Crippen LogP contribution in [0.2, 0.25) is 0 Å². The van der Waals surface area contributed by atoms with Crippen molar-refractivity contribution in [2.75, 3.05) is 50.0 Å². The fourth-order valence-corrected chi connectivity index (χ4v) is 4.11. The van der Waals surface area contributed by atoms with Crippen LogP contribution in [0.1, 0.15) is 17.1 Å². The number of hydrogen-bond donors (Lipinski definition) is 1. The maximum atomic E-state index is 12.9. The molecule has 2 aliphatic rings. The summed E-state index contributed by atoms with van der Waals surface area (Å²) < 4.78 is 0.873. The molecule has 1 saturated heterocycles. The second-order valence-corrected chi connectivity index (χ2v) is 8.25. The van der Waals surface area contributed by atoms with Crippen LogP contribution in [0.15, 0.2) is 28.7 Å². The third-order valence-electron chi connectivity index (χ3n) is 5.36. The first-order valence-electron chi connectivity index (χ1n) is 9.61. The van der Waals surface area contributed by atoms with Gasteiger partial charge in [-0.3, -0.25) is 0 Å². The van der Waals surface area contributed by atoms with Gasteiger partial charge < -0.3 is 20.0 Å². The third kappa shape index (κ3) is 3.98. The van der Waals surface area contributed by atoms with Crippen molar-refractivity contribution in [1.82, 2.24) is 19.8 Å². The van der Waals surface area contributed by atoms with Gasteiger partial charge in [-0.05, 0) is 42.0 Å². The standard InChI is InChI=1S/C20H25BrN6O/c1-14-22-17-7-8-27(20(28)24-18-6-4-3-5-16(18)21)13-15(17)19(23-14)26-11-9-25(2)10-12-26/h3-6H,7-13H2,1-2H3,(H,24,28). The Labute approximate surface area is 173 Å². The summed E-state index contributed by atoms with van der Waals surface area (Å²) in [6.45, 7) is 7.07. The fourth-order valence-electron chi connectivity index (χ4n) is 3.73. The lowest BCUT2D eigenvalue weighted by atomic mass is 10.1. The number of aromatic nitrogens is 2. The molecule has 3 heterocycles. The van der Waals surface area contributed by atoms with Crippen LogP contribution in [-0.2, 0) is 13.0 Å². The van der Waals surface area contributed by atoms with Crippen LogP contribution in [0.25, 0.3) is 0 Å². The first kappa shape index (κ1) is 19.1. The summed E-state index contributed by atoms with van der Waals surface area (Å²) in [6, 6.07) is 7.56. The van der Waals surface area contributed by atoms with Gasteiger partial charge in [-0.25, -0.2) is 14.8 Å². The Morgan fingerprint density at radius 3 is 2.61 bits per heavy atom. The van der Waals surface area contributed by atoms with Gasteiger partial charge in [0, 0.05) is 49.2 Å². The second-order valence-electron chi connectivity index (χ2n) is 7.39. The summed E-state index contributed by atoms with van der Waals surface area (Å²) >= 11 is 3.49. The molecule has 1 N–H and O–H groups in total. The average Bonchev–Trinajstić information content (AvgIpc) is 2.69. The highest BCUT2D eigenvalue weighted by molar-refractivity contribution is 9.10. The lowest BCUT2D eigenvalue weighted by molar-refractivity contribution is 0.205. The Morgan fingerprint density at radius 1 is 1.11 bits per heavy atom. The molecule has 4 rings (SSSR count). The molecular weight excluding hydrogens is 420 g/mol. The molecule has 0 aliphatic carbocycles. The van der Waals surface area contributed by atoms with Crippen molar-refractivity contribution in [2.45, 2.75) is 19.9 Å². The van der Waals surface area contributed by atoms with E-state index in [1.165, 1.54) is 0 Å². The minimum absolute atomic E-state index is 0.0950. The number of likely N-dealkylation sites (N-methyl/N-ethyl adjacent to an activating group) is 1. The predicted molar refractivity (Wildman–Crippen MR) is 114 cm³/mol. The lowest BCUT2D eigenvalue weighted by Gasteiger charge is -2.37. The normalized spacial score (nSPS) is 17.4. The quantitative estimate of drug-likeness (QED) is 0.771. The smallest absolute Gasteiger partial charge is 0.322 e. The summed E-state index contributed by atoms with van der Waals surface area (Å²) in [6.07, 6.45) is 0.753. The summed E-state index contributed by atoms with van der Waals surface area (Å²) in [4.78, 5) is 28.8. The van der Waals surface area contributed by atoms with E-state index >= 15 is 0 Å². The van der Waals surface area contributed by atoms with Crippen molar-refractivity contribution in [3.63, 3.8) is 0 Å². The topological polar surface area (TPSA) is 64.6 Å².